The third kappa shape index (κ3) is 4.42. The van der Waals surface area contributed by atoms with Crippen LogP contribution in [0, 0.1) is 0 Å². The van der Waals surface area contributed by atoms with Gasteiger partial charge in [-0.3, -0.25) is 5.10 Å². The molecule has 0 aliphatic carbocycles. The average Bonchev–Trinajstić information content (AvgIpc) is 3.20. The minimum atomic E-state index is -0.443. The van der Waals surface area contributed by atoms with Gasteiger partial charge in [-0.25, -0.2) is 9.78 Å². The summed E-state index contributed by atoms with van der Waals surface area (Å²) in [5.41, 5.74) is 2.69. The van der Waals surface area contributed by atoms with Crippen molar-refractivity contribution < 1.29 is 9.90 Å². The molecule has 1 aromatic heterocycles. The van der Waals surface area contributed by atoms with E-state index in [4.69, 9.17) is 0 Å². The molecule has 4 N–H and O–H groups in total. The number of aliphatic hydroxyl groups excluding tert-OH is 1. The second kappa shape index (κ2) is 8.07. The van der Waals surface area contributed by atoms with Crippen LogP contribution in [-0.2, 0) is 6.54 Å². The Hall–Kier alpha value is -3.19. The first-order chi connectivity index (χ1) is 12.3. The van der Waals surface area contributed by atoms with E-state index in [1.165, 1.54) is 6.33 Å². The zero-order valence-electron chi connectivity index (χ0n) is 13.5. The Kier molecular flexibility index (Phi) is 5.38. The number of hydrogen-bond donors (Lipinski definition) is 4. The number of carbonyl (C=O) groups excluding carboxylic acids is 1. The number of H-pyrrole nitrogens is 1. The number of benzene rings is 2. The molecule has 7 nitrogen and oxygen atoms in total. The largest absolute Gasteiger partial charge is 0.394 e. The van der Waals surface area contributed by atoms with Gasteiger partial charge in [0.25, 0.3) is 0 Å². The van der Waals surface area contributed by atoms with E-state index in [0.29, 0.717) is 12.4 Å². The summed E-state index contributed by atoms with van der Waals surface area (Å²) >= 11 is 0. The Bertz CT molecular complexity index is 805. The average molecular weight is 337 g/mol. The first kappa shape index (κ1) is 16.7. The lowest BCUT2D eigenvalue weighted by atomic mass is 10.1. The second-order valence-electron chi connectivity index (χ2n) is 5.51. The molecule has 0 bridgehead atoms. The van der Waals surface area contributed by atoms with Crippen LogP contribution in [-0.4, -0.2) is 32.9 Å². The molecule has 3 rings (SSSR count). The van der Waals surface area contributed by atoms with Crippen LogP contribution in [0.25, 0.3) is 11.4 Å². The van der Waals surface area contributed by atoms with Crippen molar-refractivity contribution in [3.05, 3.63) is 72.1 Å². The fourth-order valence-electron chi connectivity index (χ4n) is 2.48. The van der Waals surface area contributed by atoms with Gasteiger partial charge in [-0.2, -0.15) is 5.10 Å². The zero-order valence-corrected chi connectivity index (χ0v) is 13.5. The smallest absolute Gasteiger partial charge is 0.315 e. The first-order valence-corrected chi connectivity index (χ1v) is 7.91. The SMILES string of the molecule is O=C(NCc1cccc(-c2ncn[nH]2)c1)NC(CO)c1ccccc1. The normalized spacial score (nSPS) is 11.7. The lowest BCUT2D eigenvalue weighted by Gasteiger charge is -2.17. The standard InChI is InChI=1S/C18H19N5O2/c24-11-16(14-6-2-1-3-7-14)22-18(25)19-10-13-5-4-8-15(9-13)17-20-12-21-23-17/h1-9,12,16,24H,10-11H2,(H2,19,22,25)(H,20,21,23). The van der Waals surface area contributed by atoms with Gasteiger partial charge in [0.15, 0.2) is 5.82 Å². The molecule has 0 spiro atoms. The van der Waals surface area contributed by atoms with Crippen LogP contribution < -0.4 is 10.6 Å². The maximum absolute atomic E-state index is 12.1. The Labute approximate surface area is 145 Å². The summed E-state index contributed by atoms with van der Waals surface area (Å²) in [6.45, 7) is 0.194. The van der Waals surface area contributed by atoms with E-state index in [2.05, 4.69) is 25.8 Å². The van der Waals surface area contributed by atoms with Crippen molar-refractivity contribution >= 4 is 6.03 Å². The van der Waals surface area contributed by atoms with Crippen LogP contribution in [0.4, 0.5) is 4.79 Å². The van der Waals surface area contributed by atoms with Crippen molar-refractivity contribution in [2.75, 3.05) is 6.61 Å². The molecule has 128 valence electrons. The van der Waals surface area contributed by atoms with Gasteiger partial charge >= 0.3 is 6.03 Å². The highest BCUT2D eigenvalue weighted by Gasteiger charge is 2.13. The number of hydrogen-bond acceptors (Lipinski definition) is 4. The molecule has 0 radical (unpaired) electrons. The monoisotopic (exact) mass is 337 g/mol. The molecule has 1 atom stereocenters. The summed E-state index contributed by atoms with van der Waals surface area (Å²) in [7, 11) is 0. The minimum absolute atomic E-state index is 0.168. The highest BCUT2D eigenvalue weighted by molar-refractivity contribution is 5.74. The number of rotatable bonds is 6. The number of aromatic amines is 1. The van der Waals surface area contributed by atoms with Crippen LogP contribution in [0.15, 0.2) is 60.9 Å². The molecule has 25 heavy (non-hydrogen) atoms. The molecule has 0 aliphatic heterocycles. The van der Waals surface area contributed by atoms with E-state index in [0.717, 1.165) is 16.7 Å². The van der Waals surface area contributed by atoms with Crippen molar-refractivity contribution in [3.63, 3.8) is 0 Å². The van der Waals surface area contributed by atoms with Gasteiger partial charge < -0.3 is 15.7 Å². The van der Waals surface area contributed by atoms with Crippen LogP contribution in [0.3, 0.4) is 0 Å². The number of nitrogens with one attached hydrogen (secondary N) is 3. The number of urea groups is 1. The minimum Gasteiger partial charge on any atom is -0.394 e. The molecule has 0 saturated carbocycles. The summed E-state index contributed by atoms with van der Waals surface area (Å²) in [5, 5.41) is 21.7. The quantitative estimate of drug-likeness (QED) is 0.552. The van der Waals surface area contributed by atoms with E-state index in [-0.39, 0.29) is 12.6 Å². The number of amides is 2. The number of carbonyl (C=O) groups is 1. The van der Waals surface area contributed by atoms with E-state index < -0.39 is 6.04 Å². The van der Waals surface area contributed by atoms with Crippen LogP contribution in [0.2, 0.25) is 0 Å². The first-order valence-electron chi connectivity index (χ1n) is 7.91. The Morgan fingerprint density at radius 2 is 2.00 bits per heavy atom. The number of aliphatic hydroxyl groups is 1. The number of nitrogens with zero attached hydrogens (tertiary/aromatic N) is 2. The van der Waals surface area contributed by atoms with Gasteiger partial charge in [-0.05, 0) is 17.2 Å². The van der Waals surface area contributed by atoms with Crippen molar-refractivity contribution in [1.82, 2.24) is 25.8 Å². The van der Waals surface area contributed by atoms with Crippen LogP contribution in [0.5, 0.6) is 0 Å². The summed E-state index contributed by atoms with van der Waals surface area (Å²) < 4.78 is 0. The molecule has 0 aliphatic rings. The molecule has 0 saturated heterocycles. The van der Waals surface area contributed by atoms with Gasteiger partial charge in [-0.15, -0.1) is 0 Å². The molecule has 0 fully saturated rings. The molecular weight excluding hydrogens is 318 g/mol. The summed E-state index contributed by atoms with van der Waals surface area (Å²) in [6.07, 6.45) is 1.45. The Morgan fingerprint density at radius 3 is 2.72 bits per heavy atom. The summed E-state index contributed by atoms with van der Waals surface area (Å²) in [5.74, 6) is 0.677. The van der Waals surface area contributed by atoms with Crippen molar-refractivity contribution in [3.8, 4) is 11.4 Å². The lowest BCUT2D eigenvalue weighted by Crippen LogP contribution is -2.38. The second-order valence-corrected chi connectivity index (χ2v) is 5.51. The zero-order chi connectivity index (χ0) is 17.5. The predicted molar refractivity (Wildman–Crippen MR) is 93.5 cm³/mol. The van der Waals surface area contributed by atoms with Gasteiger partial charge in [-0.1, -0.05) is 48.5 Å². The fourth-order valence-corrected chi connectivity index (χ4v) is 2.48. The molecule has 3 aromatic rings. The third-order valence-electron chi connectivity index (χ3n) is 3.76. The molecule has 1 unspecified atom stereocenters. The maximum atomic E-state index is 12.1. The van der Waals surface area contributed by atoms with Gasteiger partial charge in [0.2, 0.25) is 0 Å². The highest BCUT2D eigenvalue weighted by atomic mass is 16.3. The van der Waals surface area contributed by atoms with E-state index in [9.17, 15) is 9.90 Å². The predicted octanol–water partition coefficient (Wildman–Crippen LogP) is 2.00. The maximum Gasteiger partial charge on any atom is 0.315 e. The molecule has 2 aromatic carbocycles. The van der Waals surface area contributed by atoms with Gasteiger partial charge in [0.05, 0.1) is 12.6 Å². The van der Waals surface area contributed by atoms with Gasteiger partial charge in [0.1, 0.15) is 6.33 Å². The molecular formula is C18H19N5O2. The van der Waals surface area contributed by atoms with Crippen molar-refractivity contribution in [2.45, 2.75) is 12.6 Å². The van der Waals surface area contributed by atoms with E-state index >= 15 is 0 Å². The van der Waals surface area contributed by atoms with Gasteiger partial charge in [0, 0.05) is 12.1 Å². The third-order valence-corrected chi connectivity index (χ3v) is 3.76. The molecule has 7 heteroatoms. The van der Waals surface area contributed by atoms with Crippen molar-refractivity contribution in [2.24, 2.45) is 0 Å². The fraction of sp³-hybridized carbons (Fsp3) is 0.167. The van der Waals surface area contributed by atoms with Crippen LogP contribution >= 0.6 is 0 Å². The lowest BCUT2D eigenvalue weighted by molar-refractivity contribution is 0.216. The van der Waals surface area contributed by atoms with Crippen molar-refractivity contribution in [1.29, 1.82) is 0 Å². The Morgan fingerprint density at radius 1 is 1.16 bits per heavy atom. The number of aromatic nitrogens is 3. The molecule has 1 heterocycles. The summed E-state index contributed by atoms with van der Waals surface area (Å²) in [6, 6.07) is 16.2. The molecule has 2 amide bonds. The van der Waals surface area contributed by atoms with E-state index in [1.807, 2.05) is 54.6 Å². The highest BCUT2D eigenvalue weighted by Crippen LogP contribution is 2.15. The summed E-state index contributed by atoms with van der Waals surface area (Å²) in [4.78, 5) is 16.2. The Balaban J connectivity index is 1.58. The van der Waals surface area contributed by atoms with E-state index in [1.54, 1.807) is 0 Å². The topological polar surface area (TPSA) is 103 Å². The van der Waals surface area contributed by atoms with Crippen LogP contribution in [0.1, 0.15) is 17.2 Å².